The highest BCUT2D eigenvalue weighted by atomic mass is 16.5. The zero-order valence-corrected chi connectivity index (χ0v) is 13.5. The van der Waals surface area contributed by atoms with Gasteiger partial charge >= 0.3 is 5.97 Å². The van der Waals surface area contributed by atoms with E-state index < -0.39 is 5.97 Å². The SMILES string of the molecule is CCOC(=O)c1[nH]c(C)c(C(=O)CNCC2CCCO2)c1C. The molecule has 0 spiro atoms. The summed E-state index contributed by atoms with van der Waals surface area (Å²) in [6.45, 7) is 7.35. The number of carbonyl (C=O) groups excluding carboxylic acids is 2. The summed E-state index contributed by atoms with van der Waals surface area (Å²) in [5.74, 6) is -0.450. The van der Waals surface area contributed by atoms with Gasteiger partial charge in [-0.1, -0.05) is 0 Å². The van der Waals surface area contributed by atoms with Gasteiger partial charge in [0.15, 0.2) is 5.78 Å². The average molecular weight is 308 g/mol. The van der Waals surface area contributed by atoms with Gasteiger partial charge in [-0.15, -0.1) is 0 Å². The summed E-state index contributed by atoms with van der Waals surface area (Å²) < 4.78 is 10.5. The number of aromatic nitrogens is 1. The fraction of sp³-hybridized carbons (Fsp3) is 0.625. The largest absolute Gasteiger partial charge is 0.461 e. The van der Waals surface area contributed by atoms with Crippen LogP contribution in [0.25, 0.3) is 0 Å². The smallest absolute Gasteiger partial charge is 0.355 e. The van der Waals surface area contributed by atoms with Crippen LogP contribution in [-0.2, 0) is 9.47 Å². The molecule has 1 aliphatic rings. The number of aryl methyl sites for hydroxylation is 1. The van der Waals surface area contributed by atoms with Crippen molar-refractivity contribution >= 4 is 11.8 Å². The lowest BCUT2D eigenvalue weighted by Gasteiger charge is -2.10. The Hall–Kier alpha value is -1.66. The lowest BCUT2D eigenvalue weighted by atomic mass is 10.1. The highest BCUT2D eigenvalue weighted by Gasteiger charge is 2.23. The van der Waals surface area contributed by atoms with Crippen molar-refractivity contribution in [3.63, 3.8) is 0 Å². The Balaban J connectivity index is 1.98. The van der Waals surface area contributed by atoms with Crippen molar-refractivity contribution in [3.05, 3.63) is 22.5 Å². The molecule has 1 aromatic heterocycles. The van der Waals surface area contributed by atoms with E-state index in [1.807, 2.05) is 0 Å². The van der Waals surface area contributed by atoms with Gasteiger partial charge < -0.3 is 19.8 Å². The maximum atomic E-state index is 12.4. The molecular formula is C16H24N2O4. The Morgan fingerprint density at radius 3 is 2.82 bits per heavy atom. The summed E-state index contributed by atoms with van der Waals surface area (Å²) in [4.78, 5) is 27.2. The average Bonchev–Trinajstić information content (AvgIpc) is 3.07. The first-order chi connectivity index (χ1) is 10.5. The van der Waals surface area contributed by atoms with Gasteiger partial charge in [-0.25, -0.2) is 4.79 Å². The lowest BCUT2D eigenvalue weighted by molar-refractivity contribution is 0.0519. The molecule has 0 radical (unpaired) electrons. The molecule has 1 atom stereocenters. The van der Waals surface area contributed by atoms with Gasteiger partial charge in [-0.05, 0) is 39.2 Å². The normalized spacial score (nSPS) is 17.7. The van der Waals surface area contributed by atoms with E-state index in [0.29, 0.717) is 35.7 Å². The number of aromatic amines is 1. The molecule has 1 fully saturated rings. The maximum Gasteiger partial charge on any atom is 0.355 e. The molecule has 2 rings (SSSR count). The van der Waals surface area contributed by atoms with E-state index in [4.69, 9.17) is 9.47 Å². The maximum absolute atomic E-state index is 12.4. The molecule has 1 aromatic rings. The minimum absolute atomic E-state index is 0.0280. The van der Waals surface area contributed by atoms with Gasteiger partial charge in [0.2, 0.25) is 0 Å². The number of hydrogen-bond acceptors (Lipinski definition) is 5. The third-order valence-electron chi connectivity index (χ3n) is 3.88. The zero-order valence-electron chi connectivity index (χ0n) is 13.5. The first-order valence-corrected chi connectivity index (χ1v) is 7.76. The van der Waals surface area contributed by atoms with Crippen LogP contribution in [0, 0.1) is 13.8 Å². The molecule has 0 amide bonds. The van der Waals surface area contributed by atoms with Crippen molar-refractivity contribution in [2.24, 2.45) is 0 Å². The van der Waals surface area contributed by atoms with E-state index in [1.165, 1.54) is 0 Å². The van der Waals surface area contributed by atoms with E-state index in [9.17, 15) is 9.59 Å². The standard InChI is InChI=1S/C16H24N2O4/c1-4-21-16(20)15-10(2)14(11(3)18-15)13(19)9-17-8-12-6-5-7-22-12/h12,17-18H,4-9H2,1-3H3. The number of ether oxygens (including phenoxy) is 2. The molecule has 2 heterocycles. The zero-order chi connectivity index (χ0) is 16.1. The number of rotatable bonds is 7. The van der Waals surface area contributed by atoms with Crippen molar-refractivity contribution in [2.45, 2.75) is 39.7 Å². The number of carbonyl (C=O) groups is 2. The van der Waals surface area contributed by atoms with Gasteiger partial charge in [0, 0.05) is 24.4 Å². The lowest BCUT2D eigenvalue weighted by Crippen LogP contribution is -2.31. The molecule has 0 bridgehead atoms. The summed E-state index contributed by atoms with van der Waals surface area (Å²) >= 11 is 0. The quantitative estimate of drug-likeness (QED) is 0.592. The Kier molecular flexibility index (Phi) is 5.74. The molecule has 1 saturated heterocycles. The van der Waals surface area contributed by atoms with Crippen LogP contribution < -0.4 is 5.32 Å². The number of ketones is 1. The first kappa shape index (κ1) is 16.7. The van der Waals surface area contributed by atoms with Crippen LogP contribution in [0.1, 0.15) is 51.9 Å². The van der Waals surface area contributed by atoms with Crippen LogP contribution in [0.2, 0.25) is 0 Å². The number of nitrogens with one attached hydrogen (secondary N) is 2. The molecule has 0 saturated carbocycles. The first-order valence-electron chi connectivity index (χ1n) is 7.76. The number of hydrogen-bond donors (Lipinski definition) is 2. The molecule has 1 aliphatic heterocycles. The Bertz CT molecular complexity index is 545. The van der Waals surface area contributed by atoms with Gasteiger partial charge in [0.05, 0.1) is 19.3 Å². The van der Waals surface area contributed by atoms with Crippen molar-refractivity contribution in [1.29, 1.82) is 0 Å². The minimum Gasteiger partial charge on any atom is -0.461 e. The van der Waals surface area contributed by atoms with Crippen LogP contribution in [0.5, 0.6) is 0 Å². The number of H-pyrrole nitrogens is 1. The van der Waals surface area contributed by atoms with Crippen LogP contribution >= 0.6 is 0 Å². The topological polar surface area (TPSA) is 80.4 Å². The van der Waals surface area contributed by atoms with Crippen molar-refractivity contribution in [3.8, 4) is 0 Å². The number of esters is 1. The fourth-order valence-electron chi connectivity index (χ4n) is 2.82. The van der Waals surface area contributed by atoms with Crippen LogP contribution in [0.15, 0.2) is 0 Å². The molecule has 0 aromatic carbocycles. The monoisotopic (exact) mass is 308 g/mol. The third kappa shape index (κ3) is 3.75. The number of Topliss-reactive ketones (excluding diaryl/α,β-unsaturated/α-hetero) is 1. The predicted octanol–water partition coefficient (Wildman–Crippen LogP) is 1.76. The fourth-order valence-corrected chi connectivity index (χ4v) is 2.82. The highest BCUT2D eigenvalue weighted by molar-refractivity contribution is 6.03. The van der Waals surface area contributed by atoms with Crippen molar-refractivity contribution < 1.29 is 19.1 Å². The van der Waals surface area contributed by atoms with Gasteiger partial charge in [-0.3, -0.25) is 4.79 Å². The molecule has 22 heavy (non-hydrogen) atoms. The summed E-state index contributed by atoms with van der Waals surface area (Å²) in [7, 11) is 0. The molecule has 2 N–H and O–H groups in total. The van der Waals surface area contributed by atoms with Gasteiger partial charge in [-0.2, -0.15) is 0 Å². The molecular weight excluding hydrogens is 284 g/mol. The highest BCUT2D eigenvalue weighted by Crippen LogP contribution is 2.19. The second kappa shape index (κ2) is 7.56. The molecule has 0 aliphatic carbocycles. The third-order valence-corrected chi connectivity index (χ3v) is 3.88. The van der Waals surface area contributed by atoms with E-state index >= 15 is 0 Å². The Morgan fingerprint density at radius 2 is 2.18 bits per heavy atom. The minimum atomic E-state index is -0.422. The van der Waals surface area contributed by atoms with Crippen molar-refractivity contribution in [1.82, 2.24) is 10.3 Å². The predicted molar refractivity (Wildman–Crippen MR) is 82.4 cm³/mol. The van der Waals surface area contributed by atoms with E-state index in [-0.39, 0.29) is 18.4 Å². The van der Waals surface area contributed by atoms with Gasteiger partial charge in [0.1, 0.15) is 5.69 Å². The summed E-state index contributed by atoms with van der Waals surface area (Å²) in [6.07, 6.45) is 2.33. The summed E-state index contributed by atoms with van der Waals surface area (Å²) in [5.41, 5.74) is 2.29. The van der Waals surface area contributed by atoms with E-state index in [1.54, 1.807) is 20.8 Å². The Morgan fingerprint density at radius 1 is 1.41 bits per heavy atom. The molecule has 6 heteroatoms. The summed E-state index contributed by atoms with van der Waals surface area (Å²) in [5, 5.41) is 3.14. The Labute approximate surface area is 130 Å². The molecule has 1 unspecified atom stereocenters. The summed E-state index contributed by atoms with van der Waals surface area (Å²) in [6, 6.07) is 0. The van der Waals surface area contributed by atoms with E-state index in [2.05, 4.69) is 10.3 Å². The molecule has 122 valence electrons. The van der Waals surface area contributed by atoms with Crippen LogP contribution in [0.3, 0.4) is 0 Å². The second-order valence-electron chi connectivity index (χ2n) is 5.53. The van der Waals surface area contributed by atoms with Gasteiger partial charge in [0.25, 0.3) is 0 Å². The molecule has 6 nitrogen and oxygen atoms in total. The second-order valence-corrected chi connectivity index (χ2v) is 5.53. The van der Waals surface area contributed by atoms with Crippen LogP contribution in [-0.4, -0.2) is 49.1 Å². The van der Waals surface area contributed by atoms with E-state index in [0.717, 1.165) is 19.4 Å². The van der Waals surface area contributed by atoms with Crippen LogP contribution in [0.4, 0.5) is 0 Å². The van der Waals surface area contributed by atoms with Crippen molar-refractivity contribution in [2.75, 3.05) is 26.3 Å².